The number of hydrogen-bond acceptors (Lipinski definition) is 3. The van der Waals surface area contributed by atoms with Gasteiger partial charge in [0.05, 0.1) is 12.7 Å². The van der Waals surface area contributed by atoms with Crippen molar-refractivity contribution in [2.24, 2.45) is 0 Å². The fraction of sp³-hybridized carbons (Fsp3) is 0.500. The van der Waals surface area contributed by atoms with Gasteiger partial charge in [0.2, 0.25) is 5.91 Å². The van der Waals surface area contributed by atoms with Crippen LogP contribution in [-0.2, 0) is 4.79 Å². The second-order valence-corrected chi connectivity index (χ2v) is 3.89. The van der Waals surface area contributed by atoms with E-state index >= 15 is 0 Å². The molecular weight excluding hydrogens is 221 g/mol. The van der Waals surface area contributed by atoms with Gasteiger partial charge in [-0.15, -0.1) is 0 Å². The van der Waals surface area contributed by atoms with E-state index in [4.69, 9.17) is 0 Å². The molecular formula is C12H18FN3O. The SMILES string of the molecule is CCCNC(=O)CNC(C)c1cncc(F)c1. The van der Waals surface area contributed by atoms with Gasteiger partial charge in [0.25, 0.3) is 0 Å². The van der Waals surface area contributed by atoms with Gasteiger partial charge in [-0.1, -0.05) is 6.92 Å². The minimum atomic E-state index is -0.369. The number of carbonyl (C=O) groups is 1. The van der Waals surface area contributed by atoms with E-state index in [1.807, 2.05) is 13.8 Å². The van der Waals surface area contributed by atoms with Crippen LogP contribution in [0.4, 0.5) is 4.39 Å². The number of carbonyl (C=O) groups excluding carboxylic acids is 1. The number of halogens is 1. The fourth-order valence-electron chi connectivity index (χ4n) is 1.36. The summed E-state index contributed by atoms with van der Waals surface area (Å²) in [7, 11) is 0. The number of pyridine rings is 1. The van der Waals surface area contributed by atoms with Crippen LogP contribution in [0.5, 0.6) is 0 Å². The highest BCUT2D eigenvalue weighted by Crippen LogP contribution is 2.11. The van der Waals surface area contributed by atoms with Gasteiger partial charge >= 0.3 is 0 Å². The molecule has 0 aliphatic rings. The molecule has 1 unspecified atom stereocenters. The van der Waals surface area contributed by atoms with Crippen LogP contribution in [0.3, 0.4) is 0 Å². The summed E-state index contributed by atoms with van der Waals surface area (Å²) in [5, 5.41) is 5.78. The molecule has 1 rings (SSSR count). The molecule has 1 aromatic heterocycles. The van der Waals surface area contributed by atoms with Gasteiger partial charge in [0.15, 0.2) is 0 Å². The highest BCUT2D eigenvalue weighted by Gasteiger charge is 2.08. The summed E-state index contributed by atoms with van der Waals surface area (Å²) >= 11 is 0. The number of rotatable bonds is 6. The first kappa shape index (κ1) is 13.6. The summed E-state index contributed by atoms with van der Waals surface area (Å²) in [6, 6.07) is 1.31. The Labute approximate surface area is 101 Å². The summed E-state index contributed by atoms with van der Waals surface area (Å²) in [4.78, 5) is 15.1. The van der Waals surface area contributed by atoms with Crippen molar-refractivity contribution in [3.8, 4) is 0 Å². The smallest absolute Gasteiger partial charge is 0.233 e. The first-order chi connectivity index (χ1) is 8.13. The van der Waals surface area contributed by atoms with Gasteiger partial charge in [0.1, 0.15) is 5.82 Å². The normalized spacial score (nSPS) is 12.2. The Balaban J connectivity index is 2.39. The van der Waals surface area contributed by atoms with Crippen LogP contribution in [-0.4, -0.2) is 24.0 Å². The first-order valence-electron chi connectivity index (χ1n) is 5.74. The third kappa shape index (κ3) is 4.91. The molecule has 0 aliphatic carbocycles. The predicted molar refractivity (Wildman–Crippen MR) is 63.9 cm³/mol. The molecule has 2 N–H and O–H groups in total. The standard InChI is InChI=1S/C12H18FN3O/c1-3-4-15-12(17)8-16-9(2)10-5-11(13)7-14-6-10/h5-7,9,16H,3-4,8H2,1-2H3,(H,15,17). The van der Waals surface area contributed by atoms with Crippen molar-refractivity contribution in [3.63, 3.8) is 0 Å². The van der Waals surface area contributed by atoms with E-state index < -0.39 is 0 Å². The molecule has 1 heterocycles. The predicted octanol–water partition coefficient (Wildman–Crippen LogP) is 1.40. The molecule has 0 radical (unpaired) electrons. The second kappa shape index (κ2) is 6.96. The monoisotopic (exact) mass is 239 g/mol. The van der Waals surface area contributed by atoms with Gasteiger partial charge in [-0.2, -0.15) is 0 Å². The second-order valence-electron chi connectivity index (χ2n) is 3.89. The maximum Gasteiger partial charge on any atom is 0.233 e. The number of hydrogen-bond donors (Lipinski definition) is 2. The van der Waals surface area contributed by atoms with Crippen molar-refractivity contribution in [2.75, 3.05) is 13.1 Å². The zero-order valence-electron chi connectivity index (χ0n) is 10.2. The van der Waals surface area contributed by atoms with E-state index in [2.05, 4.69) is 15.6 Å². The van der Waals surface area contributed by atoms with Crippen molar-refractivity contribution < 1.29 is 9.18 Å². The van der Waals surface area contributed by atoms with Crippen LogP contribution in [0.15, 0.2) is 18.5 Å². The Kier molecular flexibility index (Phi) is 5.56. The molecule has 0 aromatic carbocycles. The Bertz CT molecular complexity index is 371. The van der Waals surface area contributed by atoms with Gasteiger partial charge in [-0.25, -0.2) is 4.39 Å². The van der Waals surface area contributed by atoms with Crippen LogP contribution < -0.4 is 10.6 Å². The molecule has 0 fully saturated rings. The minimum Gasteiger partial charge on any atom is -0.355 e. The van der Waals surface area contributed by atoms with E-state index in [-0.39, 0.29) is 24.3 Å². The topological polar surface area (TPSA) is 54.0 Å². The van der Waals surface area contributed by atoms with Crippen LogP contribution >= 0.6 is 0 Å². The Hall–Kier alpha value is -1.49. The molecule has 0 saturated heterocycles. The quantitative estimate of drug-likeness (QED) is 0.789. The number of nitrogens with zero attached hydrogens (tertiary/aromatic N) is 1. The van der Waals surface area contributed by atoms with Crippen molar-refractivity contribution >= 4 is 5.91 Å². The van der Waals surface area contributed by atoms with Crippen molar-refractivity contribution in [1.29, 1.82) is 0 Å². The summed E-state index contributed by atoms with van der Waals surface area (Å²) in [5.74, 6) is -0.422. The molecule has 4 nitrogen and oxygen atoms in total. The molecule has 1 amide bonds. The minimum absolute atomic E-state index is 0.0527. The van der Waals surface area contributed by atoms with Crippen LogP contribution in [0.25, 0.3) is 0 Å². The Morgan fingerprint density at radius 1 is 1.53 bits per heavy atom. The zero-order valence-corrected chi connectivity index (χ0v) is 10.2. The zero-order chi connectivity index (χ0) is 12.7. The lowest BCUT2D eigenvalue weighted by molar-refractivity contribution is -0.120. The average Bonchev–Trinajstić information content (AvgIpc) is 2.33. The van der Waals surface area contributed by atoms with Crippen molar-refractivity contribution in [2.45, 2.75) is 26.3 Å². The summed E-state index contributed by atoms with van der Waals surface area (Å²) in [6.45, 7) is 4.76. The summed E-state index contributed by atoms with van der Waals surface area (Å²) < 4.78 is 12.9. The molecule has 0 saturated carbocycles. The van der Waals surface area contributed by atoms with Gasteiger partial charge in [-0.3, -0.25) is 9.78 Å². The third-order valence-corrected chi connectivity index (χ3v) is 2.37. The van der Waals surface area contributed by atoms with E-state index in [0.29, 0.717) is 6.54 Å². The van der Waals surface area contributed by atoms with Crippen molar-refractivity contribution in [1.82, 2.24) is 15.6 Å². The molecule has 5 heteroatoms. The lowest BCUT2D eigenvalue weighted by Gasteiger charge is -2.13. The highest BCUT2D eigenvalue weighted by molar-refractivity contribution is 5.77. The fourth-order valence-corrected chi connectivity index (χ4v) is 1.36. The van der Waals surface area contributed by atoms with E-state index in [0.717, 1.165) is 18.2 Å². The maximum absolute atomic E-state index is 12.9. The molecule has 0 spiro atoms. The molecule has 0 aliphatic heterocycles. The largest absolute Gasteiger partial charge is 0.355 e. The summed E-state index contributed by atoms with van der Waals surface area (Å²) in [6.07, 6.45) is 3.66. The Morgan fingerprint density at radius 2 is 2.29 bits per heavy atom. The number of amides is 1. The average molecular weight is 239 g/mol. The van der Waals surface area contributed by atoms with Crippen LogP contribution in [0.1, 0.15) is 31.9 Å². The lowest BCUT2D eigenvalue weighted by atomic mass is 10.1. The van der Waals surface area contributed by atoms with Gasteiger partial charge in [0, 0.05) is 18.8 Å². The van der Waals surface area contributed by atoms with E-state index in [1.165, 1.54) is 6.07 Å². The molecule has 17 heavy (non-hydrogen) atoms. The molecule has 1 aromatic rings. The Morgan fingerprint density at radius 3 is 2.94 bits per heavy atom. The summed E-state index contributed by atoms with van der Waals surface area (Å²) in [5.41, 5.74) is 0.730. The molecule has 0 bridgehead atoms. The number of nitrogens with one attached hydrogen (secondary N) is 2. The van der Waals surface area contributed by atoms with Crippen LogP contribution in [0, 0.1) is 5.82 Å². The third-order valence-electron chi connectivity index (χ3n) is 2.37. The van der Waals surface area contributed by atoms with Gasteiger partial charge in [-0.05, 0) is 25.0 Å². The van der Waals surface area contributed by atoms with E-state index in [9.17, 15) is 9.18 Å². The van der Waals surface area contributed by atoms with Gasteiger partial charge < -0.3 is 10.6 Å². The maximum atomic E-state index is 12.9. The molecule has 94 valence electrons. The van der Waals surface area contributed by atoms with E-state index in [1.54, 1.807) is 6.20 Å². The van der Waals surface area contributed by atoms with Crippen LogP contribution in [0.2, 0.25) is 0 Å². The highest BCUT2D eigenvalue weighted by atomic mass is 19.1. The lowest BCUT2D eigenvalue weighted by Crippen LogP contribution is -2.35. The first-order valence-corrected chi connectivity index (χ1v) is 5.74. The number of aromatic nitrogens is 1. The molecule has 1 atom stereocenters. The van der Waals surface area contributed by atoms with Crippen molar-refractivity contribution in [3.05, 3.63) is 29.8 Å².